The van der Waals surface area contributed by atoms with Gasteiger partial charge in [-0.2, -0.15) is 0 Å². The van der Waals surface area contributed by atoms with E-state index < -0.39 is 0 Å². The number of aryl methyl sites for hydroxylation is 3. The molecule has 0 saturated carbocycles. The fraction of sp³-hybridized carbons (Fsp3) is 0.333. The van der Waals surface area contributed by atoms with Gasteiger partial charge in [-0.1, -0.05) is 41.6 Å². The van der Waals surface area contributed by atoms with Crippen LogP contribution in [0, 0.1) is 20.8 Å². The second-order valence-electron chi connectivity index (χ2n) is 8.98. The highest BCUT2D eigenvalue weighted by molar-refractivity contribution is 7.99. The number of allylic oxidation sites excluding steroid dienone is 1. The summed E-state index contributed by atoms with van der Waals surface area (Å²) in [6, 6.07) is 13.5. The van der Waals surface area contributed by atoms with Gasteiger partial charge in [0.2, 0.25) is 5.91 Å². The van der Waals surface area contributed by atoms with Crippen molar-refractivity contribution >= 4 is 29.3 Å². The minimum atomic E-state index is -0.158. The first-order chi connectivity index (χ1) is 16.9. The maximum Gasteiger partial charge on any atom is 0.254 e. The summed E-state index contributed by atoms with van der Waals surface area (Å²) in [6.07, 6.45) is 3.52. The van der Waals surface area contributed by atoms with Crippen LogP contribution in [-0.4, -0.2) is 43.8 Å². The molecule has 1 atom stereocenters. The van der Waals surface area contributed by atoms with Gasteiger partial charge in [0.05, 0.1) is 11.8 Å². The molecule has 1 saturated heterocycles. The Balaban J connectivity index is 1.48. The van der Waals surface area contributed by atoms with E-state index >= 15 is 0 Å². The molecule has 3 aromatic rings. The first kappa shape index (κ1) is 24.7. The zero-order valence-corrected chi connectivity index (χ0v) is 21.3. The summed E-state index contributed by atoms with van der Waals surface area (Å²) in [4.78, 5) is 27.7. The van der Waals surface area contributed by atoms with Crippen molar-refractivity contribution in [3.8, 4) is 0 Å². The molecule has 1 aromatic heterocycles. The Morgan fingerprint density at radius 1 is 1.09 bits per heavy atom. The van der Waals surface area contributed by atoms with Gasteiger partial charge in [0.15, 0.2) is 11.0 Å². The second-order valence-corrected chi connectivity index (χ2v) is 9.92. The van der Waals surface area contributed by atoms with Crippen molar-refractivity contribution in [2.75, 3.05) is 17.6 Å². The van der Waals surface area contributed by atoms with E-state index in [2.05, 4.69) is 28.2 Å². The van der Waals surface area contributed by atoms with Crippen molar-refractivity contribution in [2.45, 2.75) is 51.4 Å². The molecule has 4 rings (SSSR count). The van der Waals surface area contributed by atoms with Crippen LogP contribution in [0.5, 0.6) is 0 Å². The first-order valence-electron chi connectivity index (χ1n) is 11.8. The molecule has 1 aliphatic rings. The Bertz CT molecular complexity index is 1210. The third-order valence-corrected chi connectivity index (χ3v) is 6.97. The number of carbonyl (C=O) groups is 2. The molecular weight excluding hydrogens is 458 g/mol. The van der Waals surface area contributed by atoms with E-state index in [0.29, 0.717) is 23.8 Å². The van der Waals surface area contributed by atoms with E-state index in [9.17, 15) is 9.59 Å². The Morgan fingerprint density at radius 3 is 2.49 bits per heavy atom. The summed E-state index contributed by atoms with van der Waals surface area (Å²) in [5.74, 6) is 0.841. The maximum absolute atomic E-state index is 13.2. The lowest BCUT2D eigenvalue weighted by atomic mass is 10.1. The van der Waals surface area contributed by atoms with Gasteiger partial charge < -0.3 is 14.8 Å². The molecular formula is C27H31N5O2S. The van der Waals surface area contributed by atoms with Crippen molar-refractivity contribution < 1.29 is 9.59 Å². The molecule has 1 unspecified atom stereocenters. The number of nitrogens with one attached hydrogen (secondary N) is 1. The summed E-state index contributed by atoms with van der Waals surface area (Å²) < 4.78 is 1.97. The zero-order valence-electron chi connectivity index (χ0n) is 20.5. The number of rotatable bonds is 8. The average Bonchev–Trinajstić information content (AvgIpc) is 3.44. The second kappa shape index (κ2) is 10.9. The van der Waals surface area contributed by atoms with Crippen LogP contribution in [0.15, 0.2) is 60.3 Å². The van der Waals surface area contributed by atoms with Gasteiger partial charge >= 0.3 is 0 Å². The van der Waals surface area contributed by atoms with E-state index in [4.69, 9.17) is 0 Å². The van der Waals surface area contributed by atoms with Crippen molar-refractivity contribution in [3.05, 3.63) is 83.2 Å². The SMILES string of the molecule is C=CCn1c(SCC(=O)Nc2cc(C)cc(C)c2)nnc1C1CCCN1C(=O)c1ccc(C)cc1. The van der Waals surface area contributed by atoms with Crippen LogP contribution >= 0.6 is 11.8 Å². The number of aromatic nitrogens is 3. The van der Waals surface area contributed by atoms with E-state index in [-0.39, 0.29) is 23.6 Å². The number of nitrogens with zero attached hydrogens (tertiary/aromatic N) is 4. The van der Waals surface area contributed by atoms with Gasteiger partial charge in [-0.05, 0) is 69.0 Å². The molecule has 2 amide bonds. The summed E-state index contributed by atoms with van der Waals surface area (Å²) in [5, 5.41) is 12.4. The van der Waals surface area contributed by atoms with Crippen LogP contribution in [0.1, 0.15) is 51.8 Å². The Hall–Kier alpha value is -3.39. The average molecular weight is 490 g/mol. The monoisotopic (exact) mass is 489 g/mol. The normalized spacial score (nSPS) is 15.3. The number of hydrogen-bond donors (Lipinski definition) is 1. The molecule has 1 N–H and O–H groups in total. The Kier molecular flexibility index (Phi) is 7.70. The maximum atomic E-state index is 13.2. The fourth-order valence-corrected chi connectivity index (χ4v) is 5.22. The number of carbonyl (C=O) groups excluding carboxylic acids is 2. The summed E-state index contributed by atoms with van der Waals surface area (Å²) >= 11 is 1.34. The molecule has 2 aromatic carbocycles. The molecule has 1 aliphatic heterocycles. The largest absolute Gasteiger partial charge is 0.328 e. The number of amides is 2. The molecule has 0 radical (unpaired) electrons. The zero-order chi connectivity index (χ0) is 24.9. The predicted octanol–water partition coefficient (Wildman–Crippen LogP) is 5.10. The van der Waals surface area contributed by atoms with E-state index in [1.54, 1.807) is 6.08 Å². The van der Waals surface area contributed by atoms with Gasteiger partial charge in [-0.3, -0.25) is 9.59 Å². The molecule has 0 spiro atoms. The quantitative estimate of drug-likeness (QED) is 0.352. The van der Waals surface area contributed by atoms with E-state index in [1.165, 1.54) is 11.8 Å². The molecule has 182 valence electrons. The van der Waals surface area contributed by atoms with Gasteiger partial charge in [-0.25, -0.2) is 0 Å². The molecule has 35 heavy (non-hydrogen) atoms. The van der Waals surface area contributed by atoms with Crippen molar-refractivity contribution in [1.29, 1.82) is 0 Å². The minimum Gasteiger partial charge on any atom is -0.328 e. The highest BCUT2D eigenvalue weighted by Crippen LogP contribution is 2.34. The lowest BCUT2D eigenvalue weighted by molar-refractivity contribution is -0.113. The molecule has 1 fully saturated rings. The van der Waals surface area contributed by atoms with E-state index in [0.717, 1.165) is 41.0 Å². The number of likely N-dealkylation sites (tertiary alicyclic amines) is 1. The van der Waals surface area contributed by atoms with Crippen LogP contribution in [0.3, 0.4) is 0 Å². The lowest BCUT2D eigenvalue weighted by Crippen LogP contribution is -2.32. The van der Waals surface area contributed by atoms with Crippen LogP contribution in [0.2, 0.25) is 0 Å². The predicted molar refractivity (Wildman–Crippen MR) is 140 cm³/mol. The third kappa shape index (κ3) is 5.82. The van der Waals surface area contributed by atoms with Gasteiger partial charge in [0.1, 0.15) is 0 Å². The Morgan fingerprint density at radius 2 is 1.80 bits per heavy atom. The van der Waals surface area contributed by atoms with Crippen LogP contribution in [0.25, 0.3) is 0 Å². The summed E-state index contributed by atoms with van der Waals surface area (Å²) in [7, 11) is 0. The number of hydrogen-bond acceptors (Lipinski definition) is 5. The van der Waals surface area contributed by atoms with Gasteiger partial charge in [0, 0.05) is 24.3 Å². The van der Waals surface area contributed by atoms with Crippen LogP contribution < -0.4 is 5.32 Å². The number of thioether (sulfide) groups is 1. The molecule has 0 aliphatic carbocycles. The Labute approximate surface area is 210 Å². The fourth-order valence-electron chi connectivity index (χ4n) is 4.47. The van der Waals surface area contributed by atoms with Crippen molar-refractivity contribution in [1.82, 2.24) is 19.7 Å². The van der Waals surface area contributed by atoms with E-state index in [1.807, 2.05) is 66.6 Å². The molecule has 0 bridgehead atoms. The highest BCUT2D eigenvalue weighted by atomic mass is 32.2. The third-order valence-electron chi connectivity index (χ3n) is 6.01. The van der Waals surface area contributed by atoms with Gasteiger partial charge in [0.25, 0.3) is 5.91 Å². The van der Waals surface area contributed by atoms with Crippen LogP contribution in [-0.2, 0) is 11.3 Å². The summed E-state index contributed by atoms with van der Waals surface area (Å²) in [6.45, 7) is 11.1. The molecule has 7 nitrogen and oxygen atoms in total. The lowest BCUT2D eigenvalue weighted by Gasteiger charge is -2.24. The van der Waals surface area contributed by atoms with Crippen LogP contribution in [0.4, 0.5) is 5.69 Å². The first-order valence-corrected chi connectivity index (χ1v) is 12.8. The summed E-state index contributed by atoms with van der Waals surface area (Å²) in [5.41, 5.74) is 4.79. The topological polar surface area (TPSA) is 80.1 Å². The number of anilines is 1. The molecule has 2 heterocycles. The van der Waals surface area contributed by atoms with Crippen molar-refractivity contribution in [3.63, 3.8) is 0 Å². The standard InChI is InChI=1S/C27H31N5O2S/c1-5-12-32-25(23-7-6-13-31(23)26(34)21-10-8-18(2)9-11-21)29-30-27(32)35-17-24(33)28-22-15-19(3)14-20(4)16-22/h5,8-11,14-16,23H,1,6-7,12-13,17H2,2-4H3,(H,28,33). The smallest absolute Gasteiger partial charge is 0.254 e. The highest BCUT2D eigenvalue weighted by Gasteiger charge is 2.34. The van der Waals surface area contributed by atoms with Crippen molar-refractivity contribution in [2.24, 2.45) is 0 Å². The number of benzene rings is 2. The van der Waals surface area contributed by atoms with Gasteiger partial charge in [-0.15, -0.1) is 16.8 Å². The molecule has 8 heteroatoms. The minimum absolute atomic E-state index is 0.00248.